The number of aliphatic hydroxyl groups excluding tert-OH is 1. The molecular formula is C26H32N2O5. The molecule has 7 heteroatoms. The number of hydrogen-bond donors (Lipinski definition) is 1. The fraction of sp³-hybridized carbons (Fsp3) is 0.385. The SMILES string of the molecule is CCOc1ccc(C(O)=C2C(=O)C(=O)N(CCN(CC)CC)[C@@H]2c2ccc(OC)cc2)cc1. The molecule has 0 saturated carbocycles. The van der Waals surface area contributed by atoms with Crippen LogP contribution in [-0.2, 0) is 9.59 Å². The van der Waals surface area contributed by atoms with Crippen LogP contribution in [0.1, 0.15) is 37.9 Å². The van der Waals surface area contributed by atoms with Crippen LogP contribution in [0.4, 0.5) is 0 Å². The Bertz CT molecular complexity index is 994. The zero-order chi connectivity index (χ0) is 24.0. The molecule has 1 saturated heterocycles. The second-order valence-corrected chi connectivity index (χ2v) is 7.75. The average Bonchev–Trinajstić information content (AvgIpc) is 3.10. The summed E-state index contributed by atoms with van der Waals surface area (Å²) in [5, 5.41) is 11.2. The van der Waals surface area contributed by atoms with Gasteiger partial charge in [-0.2, -0.15) is 0 Å². The van der Waals surface area contributed by atoms with Crippen LogP contribution in [0.25, 0.3) is 5.76 Å². The zero-order valence-electron chi connectivity index (χ0n) is 19.7. The second-order valence-electron chi connectivity index (χ2n) is 7.75. The summed E-state index contributed by atoms with van der Waals surface area (Å²) < 4.78 is 10.7. The lowest BCUT2D eigenvalue weighted by atomic mass is 9.95. The van der Waals surface area contributed by atoms with Crippen LogP contribution in [0.2, 0.25) is 0 Å². The third-order valence-corrected chi connectivity index (χ3v) is 5.96. The number of benzene rings is 2. The van der Waals surface area contributed by atoms with Gasteiger partial charge in [-0.3, -0.25) is 9.59 Å². The lowest BCUT2D eigenvalue weighted by molar-refractivity contribution is -0.140. The van der Waals surface area contributed by atoms with Crippen molar-refractivity contribution in [3.8, 4) is 11.5 Å². The molecule has 0 spiro atoms. The largest absolute Gasteiger partial charge is 0.507 e. The number of likely N-dealkylation sites (N-methyl/N-ethyl adjacent to an activating group) is 1. The Kier molecular flexibility index (Phi) is 8.11. The molecule has 1 atom stereocenters. The number of methoxy groups -OCH3 is 1. The van der Waals surface area contributed by atoms with Crippen molar-refractivity contribution < 1.29 is 24.2 Å². The molecule has 1 aliphatic rings. The predicted molar refractivity (Wildman–Crippen MR) is 127 cm³/mol. The molecule has 176 valence electrons. The Hall–Kier alpha value is -3.32. The smallest absolute Gasteiger partial charge is 0.295 e. The number of hydrogen-bond acceptors (Lipinski definition) is 6. The van der Waals surface area contributed by atoms with E-state index < -0.39 is 17.7 Å². The van der Waals surface area contributed by atoms with Crippen molar-refractivity contribution in [2.24, 2.45) is 0 Å². The number of ketones is 1. The molecule has 7 nitrogen and oxygen atoms in total. The zero-order valence-corrected chi connectivity index (χ0v) is 19.7. The van der Waals surface area contributed by atoms with Gasteiger partial charge in [0.05, 0.1) is 25.3 Å². The molecule has 1 fully saturated rings. The first-order chi connectivity index (χ1) is 15.9. The van der Waals surface area contributed by atoms with Gasteiger partial charge < -0.3 is 24.4 Å². The van der Waals surface area contributed by atoms with E-state index in [0.29, 0.717) is 36.8 Å². The van der Waals surface area contributed by atoms with E-state index in [1.807, 2.05) is 19.1 Å². The molecule has 0 unspecified atom stereocenters. The van der Waals surface area contributed by atoms with E-state index in [1.54, 1.807) is 48.4 Å². The van der Waals surface area contributed by atoms with Gasteiger partial charge in [0.1, 0.15) is 17.3 Å². The van der Waals surface area contributed by atoms with Crippen molar-refractivity contribution in [3.63, 3.8) is 0 Å². The van der Waals surface area contributed by atoms with Crippen LogP contribution in [-0.4, -0.2) is 66.5 Å². The quantitative estimate of drug-likeness (QED) is 0.335. The van der Waals surface area contributed by atoms with Gasteiger partial charge in [0, 0.05) is 18.7 Å². The summed E-state index contributed by atoms with van der Waals surface area (Å²) in [6, 6.07) is 13.4. The Morgan fingerprint density at radius 1 is 0.970 bits per heavy atom. The number of nitrogens with zero attached hydrogens (tertiary/aromatic N) is 2. The highest BCUT2D eigenvalue weighted by Crippen LogP contribution is 2.39. The molecule has 1 aliphatic heterocycles. The van der Waals surface area contributed by atoms with E-state index in [2.05, 4.69) is 18.7 Å². The fourth-order valence-corrected chi connectivity index (χ4v) is 4.06. The van der Waals surface area contributed by atoms with E-state index in [-0.39, 0.29) is 11.3 Å². The van der Waals surface area contributed by atoms with Crippen LogP contribution >= 0.6 is 0 Å². The predicted octanol–water partition coefficient (Wildman–Crippen LogP) is 3.86. The van der Waals surface area contributed by atoms with Crippen LogP contribution in [0.15, 0.2) is 54.1 Å². The van der Waals surface area contributed by atoms with Crippen molar-refractivity contribution in [1.29, 1.82) is 0 Å². The van der Waals surface area contributed by atoms with Crippen molar-refractivity contribution in [2.45, 2.75) is 26.8 Å². The molecule has 1 amide bonds. The minimum absolute atomic E-state index is 0.0915. The molecule has 2 aromatic rings. The highest BCUT2D eigenvalue weighted by atomic mass is 16.5. The molecule has 1 N–H and O–H groups in total. The van der Waals surface area contributed by atoms with E-state index in [9.17, 15) is 14.7 Å². The standard InChI is InChI=1S/C26H32N2O5/c1-5-27(6-2)16-17-28-23(18-8-12-20(32-4)13-9-18)22(25(30)26(28)31)24(29)19-10-14-21(15-11-19)33-7-3/h8-15,23,29H,5-7,16-17H2,1-4H3/t23-/m1/s1. The number of likely N-dealkylation sites (tertiary alicyclic amines) is 1. The van der Waals surface area contributed by atoms with Gasteiger partial charge in [-0.25, -0.2) is 0 Å². The van der Waals surface area contributed by atoms with Gasteiger partial charge >= 0.3 is 0 Å². The van der Waals surface area contributed by atoms with Gasteiger partial charge in [-0.1, -0.05) is 26.0 Å². The first kappa shape index (κ1) is 24.3. The normalized spacial score (nSPS) is 17.6. The summed E-state index contributed by atoms with van der Waals surface area (Å²) >= 11 is 0. The van der Waals surface area contributed by atoms with Gasteiger partial charge in [-0.15, -0.1) is 0 Å². The van der Waals surface area contributed by atoms with Crippen LogP contribution in [0, 0.1) is 0 Å². The summed E-state index contributed by atoms with van der Waals surface area (Å²) in [5.41, 5.74) is 1.29. The molecule has 33 heavy (non-hydrogen) atoms. The maximum atomic E-state index is 13.1. The maximum Gasteiger partial charge on any atom is 0.295 e. The maximum absolute atomic E-state index is 13.1. The first-order valence-electron chi connectivity index (χ1n) is 11.3. The molecule has 3 rings (SSSR count). The van der Waals surface area contributed by atoms with Crippen molar-refractivity contribution in [1.82, 2.24) is 9.80 Å². The highest BCUT2D eigenvalue weighted by Gasteiger charge is 2.45. The Balaban J connectivity index is 2.05. The third-order valence-electron chi connectivity index (χ3n) is 5.96. The lowest BCUT2D eigenvalue weighted by Gasteiger charge is -2.28. The molecule has 0 radical (unpaired) electrons. The second kappa shape index (κ2) is 11.0. The number of carbonyl (C=O) groups excluding carboxylic acids is 2. The molecule has 1 heterocycles. The van der Waals surface area contributed by atoms with Gasteiger partial charge in [0.25, 0.3) is 11.7 Å². The minimum atomic E-state index is -0.682. The number of aliphatic hydroxyl groups is 1. The highest BCUT2D eigenvalue weighted by molar-refractivity contribution is 6.46. The Labute approximate surface area is 195 Å². The molecule has 0 aromatic heterocycles. The van der Waals surface area contributed by atoms with E-state index in [1.165, 1.54) is 0 Å². The number of carbonyl (C=O) groups is 2. The number of rotatable bonds is 10. The van der Waals surface area contributed by atoms with Crippen LogP contribution in [0.3, 0.4) is 0 Å². The van der Waals surface area contributed by atoms with Crippen molar-refractivity contribution in [2.75, 3.05) is 39.9 Å². The van der Waals surface area contributed by atoms with E-state index >= 15 is 0 Å². The third kappa shape index (κ3) is 5.20. The lowest BCUT2D eigenvalue weighted by Crippen LogP contribution is -2.38. The summed E-state index contributed by atoms with van der Waals surface area (Å²) in [4.78, 5) is 29.9. The molecule has 0 bridgehead atoms. The topological polar surface area (TPSA) is 79.3 Å². The molecular weight excluding hydrogens is 420 g/mol. The van der Waals surface area contributed by atoms with Gasteiger partial charge in [-0.05, 0) is 62.0 Å². The van der Waals surface area contributed by atoms with E-state index in [0.717, 1.165) is 18.7 Å². The van der Waals surface area contributed by atoms with Crippen molar-refractivity contribution in [3.05, 3.63) is 65.2 Å². The summed E-state index contributed by atoms with van der Waals surface area (Å²) in [5.74, 6) is -0.134. The molecule has 2 aromatic carbocycles. The van der Waals surface area contributed by atoms with Crippen molar-refractivity contribution >= 4 is 17.4 Å². The number of Topliss-reactive ketones (excluding diaryl/α,β-unsaturated/α-hetero) is 1. The monoisotopic (exact) mass is 452 g/mol. The average molecular weight is 453 g/mol. The summed E-state index contributed by atoms with van der Waals surface area (Å²) in [6.07, 6.45) is 0. The first-order valence-corrected chi connectivity index (χ1v) is 11.3. The molecule has 0 aliphatic carbocycles. The van der Waals surface area contributed by atoms with Crippen LogP contribution in [0.5, 0.6) is 11.5 Å². The number of amides is 1. The summed E-state index contributed by atoms with van der Waals surface area (Å²) in [7, 11) is 1.58. The minimum Gasteiger partial charge on any atom is -0.507 e. The Morgan fingerprint density at radius 2 is 1.58 bits per heavy atom. The van der Waals surface area contributed by atoms with Crippen LogP contribution < -0.4 is 9.47 Å². The summed E-state index contributed by atoms with van der Waals surface area (Å²) in [6.45, 7) is 9.25. The fourth-order valence-electron chi connectivity index (χ4n) is 4.06. The van der Waals surface area contributed by atoms with Gasteiger partial charge in [0.15, 0.2) is 0 Å². The Morgan fingerprint density at radius 3 is 2.12 bits per heavy atom. The number of ether oxygens (including phenoxy) is 2. The van der Waals surface area contributed by atoms with Gasteiger partial charge in [0.2, 0.25) is 0 Å². The van der Waals surface area contributed by atoms with E-state index in [4.69, 9.17) is 9.47 Å².